The van der Waals surface area contributed by atoms with Gasteiger partial charge in [-0.25, -0.2) is 8.42 Å². The molecule has 0 amide bonds. The summed E-state index contributed by atoms with van der Waals surface area (Å²) in [6, 6.07) is 15.2. The van der Waals surface area contributed by atoms with Gasteiger partial charge in [-0.2, -0.15) is 0 Å². The largest absolute Gasteiger partial charge is 0.305 e. The van der Waals surface area contributed by atoms with Gasteiger partial charge in [-0.1, -0.05) is 36.4 Å². The van der Waals surface area contributed by atoms with Crippen molar-refractivity contribution >= 4 is 9.84 Å². The topological polar surface area (TPSA) is 37.4 Å². The zero-order valence-corrected chi connectivity index (χ0v) is 12.8. The van der Waals surface area contributed by atoms with Crippen LogP contribution in [0.5, 0.6) is 0 Å². The van der Waals surface area contributed by atoms with Crippen molar-refractivity contribution in [2.24, 2.45) is 0 Å². The number of nitrogens with zero attached hydrogens (tertiary/aromatic N) is 1. The first-order valence-corrected chi connectivity index (χ1v) is 8.30. The van der Waals surface area contributed by atoms with E-state index < -0.39 is 9.84 Å². The molecule has 0 radical (unpaired) electrons. The van der Waals surface area contributed by atoms with Crippen LogP contribution in [0.25, 0.3) is 11.1 Å². The van der Waals surface area contributed by atoms with Crippen LogP contribution in [-0.4, -0.2) is 33.7 Å². The highest BCUT2D eigenvalue weighted by molar-refractivity contribution is 7.90. The van der Waals surface area contributed by atoms with Crippen molar-refractivity contribution in [3.8, 4) is 11.1 Å². The molecule has 0 saturated heterocycles. The van der Waals surface area contributed by atoms with Crippen LogP contribution in [0, 0.1) is 0 Å². The zero-order valence-electron chi connectivity index (χ0n) is 12.0. The Hall–Kier alpha value is -1.65. The molecule has 3 nitrogen and oxygen atoms in total. The maximum absolute atomic E-state index is 11.5. The number of sulfone groups is 1. The standard InChI is InChI=1S/C16H19NO2S/c1-17(2)12-14-6-4-5-7-16(14)13-8-10-15(11-9-13)20(3,18)19/h4-11H,12H2,1-3H3. The molecule has 2 rings (SSSR count). The van der Waals surface area contributed by atoms with Crippen LogP contribution in [0.3, 0.4) is 0 Å². The lowest BCUT2D eigenvalue weighted by molar-refractivity contribution is 0.403. The van der Waals surface area contributed by atoms with Crippen LogP contribution in [0.15, 0.2) is 53.4 Å². The predicted molar refractivity (Wildman–Crippen MR) is 82.4 cm³/mol. The summed E-state index contributed by atoms with van der Waals surface area (Å²) in [5.74, 6) is 0. The van der Waals surface area contributed by atoms with Crippen molar-refractivity contribution in [3.05, 3.63) is 54.1 Å². The minimum absolute atomic E-state index is 0.353. The van der Waals surface area contributed by atoms with E-state index in [1.54, 1.807) is 12.1 Å². The number of rotatable bonds is 4. The van der Waals surface area contributed by atoms with Crippen LogP contribution >= 0.6 is 0 Å². The third-order valence-electron chi connectivity index (χ3n) is 3.10. The van der Waals surface area contributed by atoms with Crippen LogP contribution in [0.1, 0.15) is 5.56 Å². The fraction of sp³-hybridized carbons (Fsp3) is 0.250. The molecule has 20 heavy (non-hydrogen) atoms. The monoisotopic (exact) mass is 289 g/mol. The van der Waals surface area contributed by atoms with E-state index in [2.05, 4.69) is 17.0 Å². The van der Waals surface area contributed by atoms with E-state index in [-0.39, 0.29) is 0 Å². The normalized spacial score (nSPS) is 11.8. The molecular formula is C16H19NO2S. The van der Waals surface area contributed by atoms with Crippen LogP contribution in [-0.2, 0) is 16.4 Å². The molecule has 2 aromatic rings. The van der Waals surface area contributed by atoms with Gasteiger partial charge in [0, 0.05) is 12.8 Å². The van der Waals surface area contributed by atoms with Gasteiger partial charge in [-0.3, -0.25) is 0 Å². The van der Waals surface area contributed by atoms with Gasteiger partial charge in [0.15, 0.2) is 9.84 Å². The molecule has 0 N–H and O–H groups in total. The van der Waals surface area contributed by atoms with Gasteiger partial charge in [0.25, 0.3) is 0 Å². The SMILES string of the molecule is CN(C)Cc1ccccc1-c1ccc(S(C)(=O)=O)cc1. The summed E-state index contributed by atoms with van der Waals surface area (Å²) in [6.07, 6.45) is 1.22. The lowest BCUT2D eigenvalue weighted by atomic mass is 9.99. The van der Waals surface area contributed by atoms with Crippen molar-refractivity contribution in [2.45, 2.75) is 11.4 Å². The average molecular weight is 289 g/mol. The van der Waals surface area contributed by atoms with Crippen molar-refractivity contribution < 1.29 is 8.42 Å². The molecule has 0 heterocycles. The third kappa shape index (κ3) is 3.46. The summed E-state index contributed by atoms with van der Waals surface area (Å²) in [7, 11) is 0.923. The van der Waals surface area contributed by atoms with Gasteiger partial charge < -0.3 is 4.90 Å². The quantitative estimate of drug-likeness (QED) is 0.868. The summed E-state index contributed by atoms with van der Waals surface area (Å²) < 4.78 is 23.0. The summed E-state index contributed by atoms with van der Waals surface area (Å²) in [5.41, 5.74) is 3.40. The van der Waals surface area contributed by atoms with Crippen LogP contribution in [0.4, 0.5) is 0 Å². The van der Waals surface area contributed by atoms with Gasteiger partial charge >= 0.3 is 0 Å². The van der Waals surface area contributed by atoms with Crippen molar-refractivity contribution in [3.63, 3.8) is 0 Å². The van der Waals surface area contributed by atoms with E-state index in [0.717, 1.165) is 17.7 Å². The molecule has 0 aliphatic carbocycles. The summed E-state index contributed by atoms with van der Waals surface area (Å²) in [5, 5.41) is 0. The first kappa shape index (κ1) is 14.8. The Kier molecular flexibility index (Phi) is 4.26. The Morgan fingerprint density at radius 1 is 0.950 bits per heavy atom. The average Bonchev–Trinajstić information content (AvgIpc) is 2.38. The Balaban J connectivity index is 2.42. The first-order chi connectivity index (χ1) is 9.38. The molecule has 4 heteroatoms. The minimum atomic E-state index is -3.14. The lowest BCUT2D eigenvalue weighted by Gasteiger charge is -2.14. The molecular weight excluding hydrogens is 270 g/mol. The maximum Gasteiger partial charge on any atom is 0.175 e. The Morgan fingerprint density at radius 2 is 1.55 bits per heavy atom. The van der Waals surface area contributed by atoms with Gasteiger partial charge in [-0.15, -0.1) is 0 Å². The molecule has 0 spiro atoms. The first-order valence-electron chi connectivity index (χ1n) is 6.41. The Labute approximate surface area is 120 Å². The minimum Gasteiger partial charge on any atom is -0.305 e. The second-order valence-electron chi connectivity index (χ2n) is 5.19. The zero-order chi connectivity index (χ0) is 14.8. The van der Waals surface area contributed by atoms with Gasteiger partial charge in [-0.05, 0) is 42.9 Å². The molecule has 0 aliphatic rings. The molecule has 0 aliphatic heterocycles. The van der Waals surface area contributed by atoms with E-state index in [9.17, 15) is 8.42 Å². The molecule has 2 aromatic carbocycles. The highest BCUT2D eigenvalue weighted by Gasteiger charge is 2.09. The van der Waals surface area contributed by atoms with Gasteiger partial charge in [0.2, 0.25) is 0 Å². The number of hydrogen-bond acceptors (Lipinski definition) is 3. The predicted octanol–water partition coefficient (Wildman–Crippen LogP) is 2.82. The molecule has 0 unspecified atom stereocenters. The summed E-state index contributed by atoms with van der Waals surface area (Å²) in [6.45, 7) is 0.851. The Bertz CT molecular complexity index is 689. The fourth-order valence-corrected chi connectivity index (χ4v) is 2.79. The van der Waals surface area contributed by atoms with E-state index in [0.29, 0.717) is 4.90 Å². The van der Waals surface area contributed by atoms with E-state index in [1.807, 2.05) is 38.4 Å². The second kappa shape index (κ2) is 5.77. The summed E-state index contributed by atoms with van der Waals surface area (Å²) in [4.78, 5) is 2.47. The smallest absolute Gasteiger partial charge is 0.175 e. The van der Waals surface area contributed by atoms with Crippen molar-refractivity contribution in [1.82, 2.24) is 4.90 Å². The highest BCUT2D eigenvalue weighted by Crippen LogP contribution is 2.25. The van der Waals surface area contributed by atoms with Crippen LogP contribution < -0.4 is 0 Å². The fourth-order valence-electron chi connectivity index (χ4n) is 2.16. The summed E-state index contributed by atoms with van der Waals surface area (Å²) >= 11 is 0. The molecule has 0 saturated carbocycles. The number of benzene rings is 2. The van der Waals surface area contributed by atoms with E-state index >= 15 is 0 Å². The van der Waals surface area contributed by atoms with Crippen molar-refractivity contribution in [1.29, 1.82) is 0 Å². The van der Waals surface area contributed by atoms with E-state index in [4.69, 9.17) is 0 Å². The third-order valence-corrected chi connectivity index (χ3v) is 4.23. The van der Waals surface area contributed by atoms with Crippen LogP contribution in [0.2, 0.25) is 0 Å². The molecule has 0 fully saturated rings. The second-order valence-corrected chi connectivity index (χ2v) is 7.21. The Morgan fingerprint density at radius 3 is 2.10 bits per heavy atom. The van der Waals surface area contributed by atoms with E-state index in [1.165, 1.54) is 11.8 Å². The lowest BCUT2D eigenvalue weighted by Crippen LogP contribution is -2.11. The molecule has 0 atom stereocenters. The van der Waals surface area contributed by atoms with Crippen molar-refractivity contribution in [2.75, 3.05) is 20.4 Å². The van der Waals surface area contributed by atoms with Gasteiger partial charge in [0.1, 0.15) is 0 Å². The van der Waals surface area contributed by atoms with Gasteiger partial charge in [0.05, 0.1) is 4.90 Å². The number of hydrogen-bond donors (Lipinski definition) is 0. The molecule has 106 valence electrons. The maximum atomic E-state index is 11.5. The molecule has 0 aromatic heterocycles. The highest BCUT2D eigenvalue weighted by atomic mass is 32.2. The molecule has 0 bridgehead atoms.